The Kier molecular flexibility index (Phi) is 4.75. The molecule has 4 aliphatic carbocycles. The van der Waals surface area contributed by atoms with Gasteiger partial charge in [0.15, 0.2) is 0 Å². The minimum Gasteiger partial charge on any atom is -0.0622 e. The second kappa shape index (κ2) is 8.43. The minimum atomic E-state index is 0.320. The molecule has 0 heterocycles. The molecule has 0 amide bonds. The summed E-state index contributed by atoms with van der Waals surface area (Å²) in [7, 11) is 0. The van der Waals surface area contributed by atoms with Crippen LogP contribution in [0.3, 0.4) is 0 Å². The quantitative estimate of drug-likeness (QED) is 0.266. The third kappa shape index (κ3) is 3.04. The normalized spacial score (nSPS) is 18.2. The predicted molar refractivity (Wildman–Crippen MR) is 159 cm³/mol. The molecule has 8 rings (SSSR count). The lowest BCUT2D eigenvalue weighted by Gasteiger charge is -2.21. The first kappa shape index (κ1) is 21.4. The lowest BCUT2D eigenvalue weighted by atomic mass is 9.81. The Morgan fingerprint density at radius 1 is 0.263 bits per heavy atom. The molecule has 0 saturated carbocycles. The van der Waals surface area contributed by atoms with E-state index in [2.05, 4.69) is 146 Å². The van der Waals surface area contributed by atoms with Crippen LogP contribution in [0.15, 0.2) is 168 Å². The van der Waals surface area contributed by atoms with Gasteiger partial charge in [-0.25, -0.2) is 0 Å². The largest absolute Gasteiger partial charge is 0.0622 e. The van der Waals surface area contributed by atoms with Crippen molar-refractivity contribution in [3.63, 3.8) is 0 Å². The van der Waals surface area contributed by atoms with E-state index in [-0.39, 0.29) is 0 Å². The molecular formula is C38H26. The van der Waals surface area contributed by atoms with Crippen molar-refractivity contribution < 1.29 is 0 Å². The van der Waals surface area contributed by atoms with Crippen LogP contribution in [0.1, 0.15) is 22.3 Å². The Labute approximate surface area is 224 Å². The number of rotatable bonds is 5. The molecule has 0 radical (unpaired) electrons. The SMILES string of the molecule is C1=CC2=C(c3ccccc3)C(c3ccccc3)=C1C2C1C2=C(c3ccccc3)C(c3ccccc3)=C1C=C2. The fourth-order valence-corrected chi connectivity index (χ4v) is 7.02. The van der Waals surface area contributed by atoms with Gasteiger partial charge >= 0.3 is 0 Å². The van der Waals surface area contributed by atoms with Crippen molar-refractivity contribution in [1.82, 2.24) is 0 Å². The van der Waals surface area contributed by atoms with Crippen LogP contribution in [0.25, 0.3) is 22.3 Å². The van der Waals surface area contributed by atoms with Crippen LogP contribution >= 0.6 is 0 Å². The Morgan fingerprint density at radius 3 is 0.684 bits per heavy atom. The first-order chi connectivity index (χ1) is 18.9. The molecule has 0 nitrogen and oxygen atoms in total. The van der Waals surface area contributed by atoms with Gasteiger partial charge in [-0.1, -0.05) is 146 Å². The monoisotopic (exact) mass is 482 g/mol. The van der Waals surface area contributed by atoms with Crippen molar-refractivity contribution in [2.24, 2.45) is 11.8 Å². The second-order valence-electron chi connectivity index (χ2n) is 10.4. The molecule has 0 heteroatoms. The van der Waals surface area contributed by atoms with E-state index in [1.54, 1.807) is 0 Å². The summed E-state index contributed by atoms with van der Waals surface area (Å²) in [4.78, 5) is 0. The fraction of sp³-hybridized carbons (Fsp3) is 0.0526. The van der Waals surface area contributed by atoms with Gasteiger partial charge in [0.2, 0.25) is 0 Å². The maximum atomic E-state index is 2.39. The van der Waals surface area contributed by atoms with E-state index in [1.807, 2.05) is 0 Å². The number of benzene rings is 4. The lowest BCUT2D eigenvalue weighted by Crippen LogP contribution is -2.13. The molecule has 0 spiro atoms. The van der Waals surface area contributed by atoms with Gasteiger partial charge in [-0.3, -0.25) is 0 Å². The first-order valence-corrected chi connectivity index (χ1v) is 13.5. The Morgan fingerprint density at radius 2 is 0.474 bits per heavy atom. The van der Waals surface area contributed by atoms with Crippen molar-refractivity contribution in [2.75, 3.05) is 0 Å². The van der Waals surface area contributed by atoms with Crippen LogP contribution in [0.5, 0.6) is 0 Å². The number of hydrogen-bond acceptors (Lipinski definition) is 0. The van der Waals surface area contributed by atoms with Gasteiger partial charge < -0.3 is 0 Å². The molecule has 0 unspecified atom stereocenters. The van der Waals surface area contributed by atoms with Crippen LogP contribution in [-0.2, 0) is 0 Å². The third-order valence-electron chi connectivity index (χ3n) is 8.46. The molecule has 178 valence electrons. The molecular weight excluding hydrogens is 456 g/mol. The summed E-state index contributed by atoms with van der Waals surface area (Å²) in [6.45, 7) is 0. The van der Waals surface area contributed by atoms with E-state index >= 15 is 0 Å². The predicted octanol–water partition coefficient (Wildman–Crippen LogP) is 9.20. The number of fused-ring (bicyclic) bond motifs is 5. The highest BCUT2D eigenvalue weighted by Crippen LogP contribution is 2.62. The number of allylic oxidation sites excluding steroid dienone is 12. The summed E-state index contributed by atoms with van der Waals surface area (Å²) in [5, 5.41) is 0. The standard InChI is InChI=1S/C38H26/c1-5-13-25(14-6-1)33-29-21-22-30(34(33)26-15-7-2-8-16-26)37(29)38-31-23-24-32(38)36(28-19-11-4-12-20-28)35(31)27-17-9-3-10-18-27/h1-24,37-38H. The molecule has 0 aromatic heterocycles. The molecule has 0 aliphatic heterocycles. The van der Waals surface area contributed by atoms with Crippen molar-refractivity contribution in [1.29, 1.82) is 0 Å². The average Bonchev–Trinajstić information content (AvgIpc) is 3.75. The van der Waals surface area contributed by atoms with Crippen LogP contribution in [-0.4, -0.2) is 0 Å². The van der Waals surface area contributed by atoms with E-state index < -0.39 is 0 Å². The van der Waals surface area contributed by atoms with Gasteiger partial charge in [0.05, 0.1) is 0 Å². The molecule has 0 N–H and O–H groups in total. The molecule has 4 bridgehead atoms. The summed E-state index contributed by atoms with van der Waals surface area (Å²) < 4.78 is 0. The highest BCUT2D eigenvalue weighted by molar-refractivity contribution is 6.16. The van der Waals surface area contributed by atoms with Gasteiger partial charge in [0, 0.05) is 11.8 Å². The molecule has 0 atom stereocenters. The van der Waals surface area contributed by atoms with Crippen molar-refractivity contribution in [3.05, 3.63) is 190 Å². The smallest absolute Gasteiger partial charge is 0.0212 e. The summed E-state index contributed by atoms with van der Waals surface area (Å²) in [5.74, 6) is 0.640. The van der Waals surface area contributed by atoms with Gasteiger partial charge in [0.25, 0.3) is 0 Å². The van der Waals surface area contributed by atoms with Gasteiger partial charge in [0.1, 0.15) is 0 Å². The average molecular weight is 483 g/mol. The zero-order valence-electron chi connectivity index (χ0n) is 21.0. The summed E-state index contributed by atoms with van der Waals surface area (Å²) in [5.41, 5.74) is 16.6. The van der Waals surface area contributed by atoms with E-state index in [9.17, 15) is 0 Å². The minimum absolute atomic E-state index is 0.320. The molecule has 4 aromatic rings. The first-order valence-electron chi connectivity index (χ1n) is 13.5. The molecule has 38 heavy (non-hydrogen) atoms. The summed E-state index contributed by atoms with van der Waals surface area (Å²) in [6.07, 6.45) is 9.55. The molecule has 0 fully saturated rings. The van der Waals surface area contributed by atoms with Gasteiger partial charge in [-0.15, -0.1) is 0 Å². The Balaban J connectivity index is 1.38. The van der Waals surface area contributed by atoms with Gasteiger partial charge in [-0.2, -0.15) is 0 Å². The third-order valence-corrected chi connectivity index (χ3v) is 8.46. The van der Waals surface area contributed by atoms with Crippen LogP contribution in [0.4, 0.5) is 0 Å². The van der Waals surface area contributed by atoms with Crippen LogP contribution < -0.4 is 0 Å². The van der Waals surface area contributed by atoms with Crippen LogP contribution in [0.2, 0.25) is 0 Å². The van der Waals surface area contributed by atoms with E-state index in [0.29, 0.717) is 11.8 Å². The van der Waals surface area contributed by atoms with E-state index in [4.69, 9.17) is 0 Å². The maximum absolute atomic E-state index is 2.39. The molecule has 4 aromatic carbocycles. The van der Waals surface area contributed by atoms with E-state index in [0.717, 1.165) is 0 Å². The van der Waals surface area contributed by atoms with Crippen LogP contribution in [0, 0.1) is 11.8 Å². The fourth-order valence-electron chi connectivity index (χ4n) is 7.02. The second-order valence-corrected chi connectivity index (χ2v) is 10.4. The highest BCUT2D eigenvalue weighted by Gasteiger charge is 2.47. The topological polar surface area (TPSA) is 0 Å². The molecule has 4 aliphatic rings. The summed E-state index contributed by atoms with van der Waals surface area (Å²) in [6, 6.07) is 43.9. The van der Waals surface area contributed by atoms with Crippen molar-refractivity contribution in [3.8, 4) is 0 Å². The maximum Gasteiger partial charge on any atom is 0.0212 e. The highest BCUT2D eigenvalue weighted by atomic mass is 14.5. The Bertz CT molecular complexity index is 1490. The zero-order valence-corrected chi connectivity index (χ0v) is 21.0. The Hall–Kier alpha value is -4.68. The summed E-state index contributed by atoms with van der Waals surface area (Å²) >= 11 is 0. The van der Waals surface area contributed by atoms with Crippen molar-refractivity contribution in [2.45, 2.75) is 0 Å². The lowest BCUT2D eigenvalue weighted by molar-refractivity contribution is 0.630. The van der Waals surface area contributed by atoms with Crippen molar-refractivity contribution >= 4 is 22.3 Å². The number of hydrogen-bond donors (Lipinski definition) is 0. The molecule has 0 saturated heterocycles. The van der Waals surface area contributed by atoms with E-state index in [1.165, 1.54) is 66.8 Å². The van der Waals surface area contributed by atoms with Gasteiger partial charge in [-0.05, 0) is 66.8 Å². The zero-order chi connectivity index (χ0) is 25.1.